The van der Waals surface area contributed by atoms with Gasteiger partial charge in [-0.1, -0.05) is 6.08 Å². The molecule has 0 spiro atoms. The van der Waals surface area contributed by atoms with Gasteiger partial charge in [-0.3, -0.25) is 0 Å². The van der Waals surface area contributed by atoms with Gasteiger partial charge in [0.25, 0.3) is 0 Å². The molecule has 0 saturated heterocycles. The predicted octanol–water partition coefficient (Wildman–Crippen LogP) is -0.701. The molecule has 0 aliphatic heterocycles. The van der Waals surface area contributed by atoms with Crippen LogP contribution in [0.15, 0.2) is 12.7 Å². The molecule has 7 heavy (non-hydrogen) atoms. The number of nitrogens with two attached hydrogens (primary N) is 1. The van der Waals surface area contributed by atoms with Crippen molar-refractivity contribution < 1.29 is 4.21 Å². The van der Waals surface area contributed by atoms with Crippen LogP contribution in [0.4, 0.5) is 0 Å². The largest absolute Gasteiger partial charge is 0.239 e. The van der Waals surface area contributed by atoms with Gasteiger partial charge in [0, 0.05) is 6.54 Å². The summed E-state index contributed by atoms with van der Waals surface area (Å²) in [6.07, 6.45) is 1.59. The van der Waals surface area contributed by atoms with E-state index in [2.05, 4.69) is 11.3 Å². The van der Waals surface area contributed by atoms with E-state index in [1.54, 1.807) is 6.08 Å². The third kappa shape index (κ3) is 5.81. The second-order valence-electron chi connectivity index (χ2n) is 0.935. The summed E-state index contributed by atoms with van der Waals surface area (Å²) in [7, 11) is 0. The molecule has 0 amide bonds. The van der Waals surface area contributed by atoms with E-state index in [4.69, 9.17) is 5.14 Å². The third-order valence-electron chi connectivity index (χ3n) is 0.370. The molecule has 0 bridgehead atoms. The van der Waals surface area contributed by atoms with Gasteiger partial charge in [-0.25, -0.2) is 14.1 Å². The highest BCUT2D eigenvalue weighted by Gasteiger charge is 1.79. The van der Waals surface area contributed by atoms with Gasteiger partial charge < -0.3 is 0 Å². The Morgan fingerprint density at radius 3 is 2.71 bits per heavy atom. The number of hydrogen-bond donors (Lipinski definition) is 2. The maximum absolute atomic E-state index is 9.93. The molecule has 0 rings (SSSR count). The summed E-state index contributed by atoms with van der Waals surface area (Å²) < 4.78 is 12.4. The van der Waals surface area contributed by atoms with Crippen LogP contribution in [-0.4, -0.2) is 10.8 Å². The van der Waals surface area contributed by atoms with Gasteiger partial charge >= 0.3 is 0 Å². The van der Waals surface area contributed by atoms with Gasteiger partial charge in [0.1, 0.15) is 0 Å². The molecule has 42 valence electrons. The van der Waals surface area contributed by atoms with Crippen LogP contribution in [-0.2, 0) is 11.2 Å². The first-order chi connectivity index (χ1) is 3.27. The van der Waals surface area contributed by atoms with E-state index in [1.165, 1.54) is 0 Å². The molecule has 0 aliphatic carbocycles. The SMILES string of the molecule is C=CCNS(N)=O. The highest BCUT2D eigenvalue weighted by Crippen LogP contribution is 1.57. The summed E-state index contributed by atoms with van der Waals surface area (Å²) in [6.45, 7) is 3.87. The summed E-state index contributed by atoms with van der Waals surface area (Å²) in [6, 6.07) is 0. The minimum absolute atomic E-state index is 0.489. The molecular formula is C3H8N2OS. The summed E-state index contributed by atoms with van der Waals surface area (Å²) in [5.74, 6) is 0. The van der Waals surface area contributed by atoms with Gasteiger partial charge in [-0.2, -0.15) is 0 Å². The van der Waals surface area contributed by atoms with Crippen molar-refractivity contribution in [2.45, 2.75) is 0 Å². The Balaban J connectivity index is 2.97. The van der Waals surface area contributed by atoms with Gasteiger partial charge in [0.15, 0.2) is 11.2 Å². The minimum atomic E-state index is -1.39. The van der Waals surface area contributed by atoms with Crippen LogP contribution in [0.2, 0.25) is 0 Å². The van der Waals surface area contributed by atoms with Crippen molar-refractivity contribution in [3.63, 3.8) is 0 Å². The molecule has 0 heterocycles. The molecule has 0 aromatic carbocycles. The Kier molecular flexibility index (Phi) is 3.87. The lowest BCUT2D eigenvalue weighted by molar-refractivity contribution is 0.677. The van der Waals surface area contributed by atoms with E-state index in [-0.39, 0.29) is 0 Å². The molecule has 3 N–H and O–H groups in total. The number of nitrogens with one attached hydrogen (secondary N) is 1. The van der Waals surface area contributed by atoms with Crippen molar-refractivity contribution >= 4 is 11.2 Å². The van der Waals surface area contributed by atoms with Gasteiger partial charge in [-0.15, -0.1) is 6.58 Å². The van der Waals surface area contributed by atoms with Crippen LogP contribution >= 0.6 is 0 Å². The topological polar surface area (TPSA) is 55.1 Å². The Morgan fingerprint density at radius 1 is 2.00 bits per heavy atom. The van der Waals surface area contributed by atoms with E-state index in [0.717, 1.165) is 0 Å². The van der Waals surface area contributed by atoms with E-state index >= 15 is 0 Å². The fourth-order valence-corrected chi connectivity index (χ4v) is 0.423. The van der Waals surface area contributed by atoms with E-state index in [1.807, 2.05) is 0 Å². The molecule has 0 aliphatic rings. The minimum Gasteiger partial charge on any atom is -0.239 e. The smallest absolute Gasteiger partial charge is 0.164 e. The van der Waals surface area contributed by atoms with E-state index in [9.17, 15) is 4.21 Å². The van der Waals surface area contributed by atoms with Crippen LogP contribution in [0, 0.1) is 0 Å². The summed E-state index contributed by atoms with van der Waals surface area (Å²) in [4.78, 5) is 0. The van der Waals surface area contributed by atoms with Crippen LogP contribution in [0.5, 0.6) is 0 Å². The molecule has 0 aromatic heterocycles. The van der Waals surface area contributed by atoms with Crippen molar-refractivity contribution in [3.05, 3.63) is 12.7 Å². The normalized spacial score (nSPS) is 13.3. The third-order valence-corrected chi connectivity index (χ3v) is 0.821. The average Bonchev–Trinajstić information content (AvgIpc) is 1.61. The van der Waals surface area contributed by atoms with E-state index in [0.29, 0.717) is 6.54 Å². The quantitative estimate of drug-likeness (QED) is 0.475. The van der Waals surface area contributed by atoms with Crippen LogP contribution in [0.25, 0.3) is 0 Å². The first-order valence-corrected chi connectivity index (χ1v) is 2.99. The molecule has 0 aromatic rings. The molecule has 3 nitrogen and oxygen atoms in total. The zero-order valence-corrected chi connectivity index (χ0v) is 4.70. The number of rotatable bonds is 3. The Labute approximate surface area is 45.3 Å². The zero-order valence-electron chi connectivity index (χ0n) is 3.89. The van der Waals surface area contributed by atoms with Crippen LogP contribution < -0.4 is 9.86 Å². The zero-order chi connectivity index (χ0) is 5.70. The summed E-state index contributed by atoms with van der Waals surface area (Å²) >= 11 is -1.39. The first kappa shape index (κ1) is 6.81. The maximum atomic E-state index is 9.93. The molecule has 0 radical (unpaired) electrons. The fourth-order valence-electron chi connectivity index (χ4n) is 0.141. The predicted molar refractivity (Wildman–Crippen MR) is 30.5 cm³/mol. The van der Waals surface area contributed by atoms with E-state index < -0.39 is 11.2 Å². The standard InChI is InChI=1S/C3H8N2OS/c1-2-3-5-7(4)6/h2,5H,1,3-4H2. The lowest BCUT2D eigenvalue weighted by atomic mass is 10.7. The van der Waals surface area contributed by atoms with Gasteiger partial charge in [-0.05, 0) is 0 Å². The maximum Gasteiger partial charge on any atom is 0.164 e. The van der Waals surface area contributed by atoms with Crippen LogP contribution in [0.1, 0.15) is 0 Å². The summed E-state index contributed by atoms with van der Waals surface area (Å²) in [5, 5.41) is 4.79. The molecular weight excluding hydrogens is 112 g/mol. The van der Waals surface area contributed by atoms with Crippen molar-refractivity contribution in [3.8, 4) is 0 Å². The lowest BCUT2D eigenvalue weighted by Gasteiger charge is -1.89. The van der Waals surface area contributed by atoms with Gasteiger partial charge in [0.05, 0.1) is 0 Å². The molecule has 0 saturated carbocycles. The van der Waals surface area contributed by atoms with Crippen molar-refractivity contribution in [2.24, 2.45) is 5.14 Å². The van der Waals surface area contributed by atoms with Crippen molar-refractivity contribution in [2.75, 3.05) is 6.54 Å². The second-order valence-corrected chi connectivity index (χ2v) is 1.82. The Morgan fingerprint density at radius 2 is 2.57 bits per heavy atom. The fraction of sp³-hybridized carbons (Fsp3) is 0.333. The molecule has 1 unspecified atom stereocenters. The molecule has 1 atom stereocenters. The van der Waals surface area contributed by atoms with Gasteiger partial charge in [0.2, 0.25) is 0 Å². The first-order valence-electron chi connectivity index (χ1n) is 1.78. The Bertz CT molecular complexity index is 83.0. The number of hydrogen-bond acceptors (Lipinski definition) is 1. The second kappa shape index (κ2) is 3.98. The van der Waals surface area contributed by atoms with Crippen molar-refractivity contribution in [1.29, 1.82) is 0 Å². The summed E-state index contributed by atoms with van der Waals surface area (Å²) in [5.41, 5.74) is 0. The monoisotopic (exact) mass is 120 g/mol. The van der Waals surface area contributed by atoms with Crippen molar-refractivity contribution in [1.82, 2.24) is 4.72 Å². The van der Waals surface area contributed by atoms with Crippen LogP contribution in [0.3, 0.4) is 0 Å². The highest BCUT2D eigenvalue weighted by molar-refractivity contribution is 7.80. The molecule has 4 heteroatoms. The average molecular weight is 120 g/mol. The molecule has 0 fully saturated rings. The lowest BCUT2D eigenvalue weighted by Crippen LogP contribution is -2.23. The Hall–Kier alpha value is -0.190. The highest BCUT2D eigenvalue weighted by atomic mass is 32.2.